The van der Waals surface area contributed by atoms with Gasteiger partial charge in [0.2, 0.25) is 0 Å². The second-order valence-electron chi connectivity index (χ2n) is 6.29. The van der Waals surface area contributed by atoms with Gasteiger partial charge in [-0.05, 0) is 31.0 Å². The fourth-order valence-electron chi connectivity index (χ4n) is 2.85. The van der Waals surface area contributed by atoms with Gasteiger partial charge in [0.15, 0.2) is 11.6 Å². The van der Waals surface area contributed by atoms with Crippen molar-refractivity contribution in [3.8, 4) is 0 Å². The Kier molecular flexibility index (Phi) is 5.85. The normalized spacial score (nSPS) is 18.3. The number of hydrogen-bond acceptors (Lipinski definition) is 4. The van der Waals surface area contributed by atoms with Gasteiger partial charge >= 0.3 is 10.2 Å². The second-order valence-corrected chi connectivity index (χ2v) is 8.37. The zero-order chi connectivity index (χ0) is 19.6. The molecule has 6 nitrogen and oxygen atoms in total. The third-order valence-electron chi connectivity index (χ3n) is 4.18. The van der Waals surface area contributed by atoms with Crippen molar-refractivity contribution in [1.29, 1.82) is 0 Å². The van der Waals surface area contributed by atoms with E-state index in [-0.39, 0.29) is 24.0 Å². The van der Waals surface area contributed by atoms with Crippen LogP contribution in [0.4, 0.5) is 25.8 Å². The largest absolute Gasteiger partial charge is 0.352 e. The van der Waals surface area contributed by atoms with Crippen molar-refractivity contribution in [3.63, 3.8) is 0 Å². The average Bonchev–Trinajstić information content (AvgIpc) is 2.61. The topological polar surface area (TPSA) is 87.5 Å². The Morgan fingerprint density at radius 1 is 1.19 bits per heavy atom. The first kappa shape index (κ1) is 19.8. The van der Waals surface area contributed by atoms with E-state index >= 15 is 0 Å². The van der Waals surface area contributed by atoms with Crippen molar-refractivity contribution in [2.75, 3.05) is 23.1 Å². The SMILES string of the molecule is NC1CCCN(S(=O)(=O)Nc2cc(F)c(F)c(Nc3ccccc3Cl)c2)C1. The van der Waals surface area contributed by atoms with E-state index in [0.717, 1.165) is 12.5 Å². The summed E-state index contributed by atoms with van der Waals surface area (Å²) in [7, 11) is -3.94. The van der Waals surface area contributed by atoms with Crippen LogP contribution in [0.1, 0.15) is 12.8 Å². The molecule has 1 saturated heterocycles. The molecule has 0 saturated carbocycles. The lowest BCUT2D eigenvalue weighted by Gasteiger charge is -2.30. The molecule has 3 rings (SSSR count). The Morgan fingerprint density at radius 3 is 2.63 bits per heavy atom. The van der Waals surface area contributed by atoms with E-state index in [9.17, 15) is 17.2 Å². The number of nitrogens with one attached hydrogen (secondary N) is 2. The van der Waals surface area contributed by atoms with Crippen LogP contribution in [0.5, 0.6) is 0 Å². The van der Waals surface area contributed by atoms with Gasteiger partial charge < -0.3 is 11.1 Å². The fraction of sp³-hybridized carbons (Fsp3) is 0.294. The number of nitrogens with two attached hydrogens (primary N) is 1. The van der Waals surface area contributed by atoms with E-state index in [4.69, 9.17) is 17.3 Å². The van der Waals surface area contributed by atoms with Crippen molar-refractivity contribution in [1.82, 2.24) is 4.31 Å². The molecule has 1 aliphatic heterocycles. The first-order chi connectivity index (χ1) is 12.8. The van der Waals surface area contributed by atoms with Crippen LogP contribution < -0.4 is 15.8 Å². The fourth-order valence-corrected chi connectivity index (χ4v) is 4.34. The highest BCUT2D eigenvalue weighted by atomic mass is 35.5. The van der Waals surface area contributed by atoms with Crippen molar-refractivity contribution in [2.45, 2.75) is 18.9 Å². The number of hydrogen-bond donors (Lipinski definition) is 3. The third-order valence-corrected chi connectivity index (χ3v) is 6.01. The van der Waals surface area contributed by atoms with Crippen LogP contribution in [0, 0.1) is 11.6 Å². The Morgan fingerprint density at radius 2 is 1.93 bits per heavy atom. The molecule has 0 spiro atoms. The summed E-state index contributed by atoms with van der Waals surface area (Å²) in [5.74, 6) is -2.34. The second kappa shape index (κ2) is 7.97. The van der Waals surface area contributed by atoms with Crippen LogP contribution in [0.2, 0.25) is 5.02 Å². The molecule has 1 atom stereocenters. The minimum Gasteiger partial charge on any atom is -0.352 e. The van der Waals surface area contributed by atoms with Crippen LogP contribution >= 0.6 is 11.6 Å². The molecule has 1 heterocycles. The number of benzene rings is 2. The number of nitrogens with zero attached hydrogens (tertiary/aromatic N) is 1. The van der Waals surface area contributed by atoms with E-state index < -0.39 is 21.8 Å². The van der Waals surface area contributed by atoms with Gasteiger partial charge in [0.1, 0.15) is 0 Å². The summed E-state index contributed by atoms with van der Waals surface area (Å²) in [6, 6.07) is 8.25. The van der Waals surface area contributed by atoms with Crippen LogP contribution in [0.3, 0.4) is 0 Å². The van der Waals surface area contributed by atoms with Gasteiger partial charge in [-0.1, -0.05) is 23.7 Å². The van der Waals surface area contributed by atoms with E-state index in [1.165, 1.54) is 10.4 Å². The zero-order valence-corrected chi connectivity index (χ0v) is 15.8. The molecule has 1 fully saturated rings. The number of rotatable bonds is 5. The molecule has 0 aromatic heterocycles. The number of para-hydroxylation sites is 1. The molecular weight excluding hydrogens is 398 g/mol. The first-order valence-electron chi connectivity index (χ1n) is 8.30. The predicted octanol–water partition coefficient (Wildman–Crippen LogP) is 3.44. The molecule has 0 amide bonds. The molecular formula is C17H19ClF2N4O2S. The summed E-state index contributed by atoms with van der Waals surface area (Å²) in [4.78, 5) is 0. The van der Waals surface area contributed by atoms with E-state index in [1.807, 2.05) is 0 Å². The maximum absolute atomic E-state index is 14.2. The molecule has 0 bridgehead atoms. The van der Waals surface area contributed by atoms with E-state index in [2.05, 4.69) is 10.0 Å². The molecule has 2 aromatic carbocycles. The smallest absolute Gasteiger partial charge is 0.301 e. The number of piperidine rings is 1. The number of anilines is 3. The Hall–Kier alpha value is -1.94. The van der Waals surface area contributed by atoms with Gasteiger partial charge in [-0.2, -0.15) is 12.7 Å². The molecule has 4 N–H and O–H groups in total. The van der Waals surface area contributed by atoms with Crippen molar-refractivity contribution < 1.29 is 17.2 Å². The van der Waals surface area contributed by atoms with Crippen LogP contribution in [0.25, 0.3) is 0 Å². The van der Waals surface area contributed by atoms with Gasteiger partial charge in [-0.15, -0.1) is 0 Å². The number of halogens is 3. The van der Waals surface area contributed by atoms with E-state index in [0.29, 0.717) is 23.7 Å². The van der Waals surface area contributed by atoms with Gasteiger partial charge in [-0.3, -0.25) is 4.72 Å². The van der Waals surface area contributed by atoms with E-state index in [1.54, 1.807) is 24.3 Å². The third kappa shape index (κ3) is 4.67. The Balaban J connectivity index is 1.86. The van der Waals surface area contributed by atoms with Gasteiger partial charge in [-0.25, -0.2) is 8.78 Å². The highest BCUT2D eigenvalue weighted by molar-refractivity contribution is 7.90. The van der Waals surface area contributed by atoms with Gasteiger partial charge in [0.25, 0.3) is 0 Å². The first-order valence-corrected chi connectivity index (χ1v) is 10.1. The molecule has 0 aliphatic carbocycles. The van der Waals surface area contributed by atoms with Crippen molar-refractivity contribution >= 4 is 38.9 Å². The minimum atomic E-state index is -3.94. The highest BCUT2D eigenvalue weighted by Crippen LogP contribution is 2.30. The highest BCUT2D eigenvalue weighted by Gasteiger charge is 2.27. The van der Waals surface area contributed by atoms with Crippen LogP contribution in [0.15, 0.2) is 36.4 Å². The molecule has 1 unspecified atom stereocenters. The maximum Gasteiger partial charge on any atom is 0.301 e. The molecule has 10 heteroatoms. The summed E-state index contributed by atoms with van der Waals surface area (Å²) in [6.45, 7) is 0.487. The lowest BCUT2D eigenvalue weighted by Crippen LogP contribution is -2.47. The van der Waals surface area contributed by atoms with Crippen LogP contribution in [-0.4, -0.2) is 31.9 Å². The quantitative estimate of drug-likeness (QED) is 0.696. The zero-order valence-electron chi connectivity index (χ0n) is 14.3. The molecule has 0 radical (unpaired) electrons. The molecule has 146 valence electrons. The molecule has 2 aromatic rings. The molecule has 27 heavy (non-hydrogen) atoms. The average molecular weight is 417 g/mol. The summed E-state index contributed by atoms with van der Waals surface area (Å²) in [5.41, 5.74) is 5.83. The van der Waals surface area contributed by atoms with Crippen molar-refractivity contribution in [2.24, 2.45) is 5.73 Å². The predicted molar refractivity (Wildman–Crippen MR) is 102 cm³/mol. The minimum absolute atomic E-state index is 0.109. The Bertz CT molecular complexity index is 943. The Labute approximate surface area is 161 Å². The lowest BCUT2D eigenvalue weighted by atomic mass is 10.1. The molecule has 1 aliphatic rings. The lowest BCUT2D eigenvalue weighted by molar-refractivity contribution is 0.318. The summed E-state index contributed by atoms with van der Waals surface area (Å²) in [6.07, 6.45) is 1.38. The standard InChI is InChI=1S/C17H19ClF2N4O2S/c18-13-5-1-2-6-15(13)22-16-9-12(8-14(19)17(16)20)23-27(25,26)24-7-3-4-11(21)10-24/h1-2,5-6,8-9,11,22-23H,3-4,7,10,21H2. The summed E-state index contributed by atoms with van der Waals surface area (Å²) < 4.78 is 56.7. The van der Waals surface area contributed by atoms with Crippen LogP contribution in [-0.2, 0) is 10.2 Å². The maximum atomic E-state index is 14.2. The monoisotopic (exact) mass is 416 g/mol. The van der Waals surface area contributed by atoms with Crippen molar-refractivity contribution in [3.05, 3.63) is 53.1 Å². The summed E-state index contributed by atoms with van der Waals surface area (Å²) in [5, 5.41) is 2.99. The van der Waals surface area contributed by atoms with Gasteiger partial charge in [0.05, 0.1) is 22.1 Å². The summed E-state index contributed by atoms with van der Waals surface area (Å²) >= 11 is 6.02. The van der Waals surface area contributed by atoms with Gasteiger partial charge in [0, 0.05) is 25.2 Å².